The van der Waals surface area contributed by atoms with E-state index in [-0.39, 0.29) is 18.9 Å². The molecular formula is C19H20N4O2. The Balaban J connectivity index is 1.82. The second-order valence-electron chi connectivity index (χ2n) is 6.83. The van der Waals surface area contributed by atoms with Gasteiger partial charge in [-0.3, -0.25) is 9.69 Å². The Labute approximate surface area is 147 Å². The summed E-state index contributed by atoms with van der Waals surface area (Å²) in [5, 5.41) is 20.7. The number of benzene rings is 1. The van der Waals surface area contributed by atoms with E-state index in [4.69, 9.17) is 5.26 Å². The van der Waals surface area contributed by atoms with Crippen LogP contribution in [-0.4, -0.2) is 23.4 Å². The molecule has 3 amide bonds. The van der Waals surface area contributed by atoms with E-state index < -0.39 is 17.5 Å². The van der Waals surface area contributed by atoms with Gasteiger partial charge in [0.1, 0.15) is 5.54 Å². The average Bonchev–Trinajstić information content (AvgIpc) is 3.16. The Kier molecular flexibility index (Phi) is 4.46. The fourth-order valence-electron chi connectivity index (χ4n) is 3.60. The van der Waals surface area contributed by atoms with Gasteiger partial charge in [-0.2, -0.15) is 10.5 Å². The SMILES string of the molecule is CC1(c2ccc3c(c2)CCC3)NC(=O)N(CC(C#N)CCC#N)C1=O. The fraction of sp³-hybridized carbons (Fsp3) is 0.474. The van der Waals surface area contributed by atoms with Crippen LogP contribution >= 0.6 is 0 Å². The molecule has 2 atom stereocenters. The summed E-state index contributed by atoms with van der Waals surface area (Å²) in [7, 11) is 0. The van der Waals surface area contributed by atoms with Crippen LogP contribution in [0.25, 0.3) is 0 Å². The highest BCUT2D eigenvalue weighted by molar-refractivity contribution is 6.07. The van der Waals surface area contributed by atoms with E-state index in [9.17, 15) is 14.9 Å². The van der Waals surface area contributed by atoms with Crippen molar-refractivity contribution in [2.45, 2.75) is 44.6 Å². The summed E-state index contributed by atoms with van der Waals surface area (Å²) in [5.74, 6) is -0.871. The van der Waals surface area contributed by atoms with Gasteiger partial charge in [-0.25, -0.2) is 4.79 Å². The highest BCUT2D eigenvalue weighted by atomic mass is 16.2. The molecule has 1 fully saturated rings. The van der Waals surface area contributed by atoms with Crippen molar-refractivity contribution < 1.29 is 9.59 Å². The smallest absolute Gasteiger partial charge is 0.319 e. The lowest BCUT2D eigenvalue weighted by atomic mass is 9.89. The van der Waals surface area contributed by atoms with E-state index in [2.05, 4.69) is 11.4 Å². The molecule has 1 N–H and O–H groups in total. The first-order valence-corrected chi connectivity index (χ1v) is 8.52. The number of nitrogens with zero attached hydrogens (tertiary/aromatic N) is 3. The predicted octanol–water partition coefficient (Wildman–Crippen LogP) is 2.39. The van der Waals surface area contributed by atoms with Crippen LogP contribution in [0, 0.1) is 28.6 Å². The zero-order valence-electron chi connectivity index (χ0n) is 14.2. The van der Waals surface area contributed by atoms with Gasteiger partial charge < -0.3 is 5.32 Å². The summed E-state index contributed by atoms with van der Waals surface area (Å²) >= 11 is 0. The molecule has 2 aliphatic rings. The number of fused-ring (bicyclic) bond motifs is 1. The number of rotatable bonds is 5. The number of hydrogen-bond donors (Lipinski definition) is 1. The van der Waals surface area contributed by atoms with Gasteiger partial charge in [0.15, 0.2) is 0 Å². The van der Waals surface area contributed by atoms with Crippen molar-refractivity contribution in [2.75, 3.05) is 6.54 Å². The number of imide groups is 1. The van der Waals surface area contributed by atoms with Crippen molar-refractivity contribution in [1.82, 2.24) is 10.2 Å². The van der Waals surface area contributed by atoms with Gasteiger partial charge in [0.25, 0.3) is 5.91 Å². The van der Waals surface area contributed by atoms with Gasteiger partial charge >= 0.3 is 6.03 Å². The Bertz CT molecular complexity index is 805. The minimum Gasteiger partial charge on any atom is -0.319 e. The molecule has 1 heterocycles. The molecule has 0 saturated carbocycles. The van der Waals surface area contributed by atoms with Crippen molar-refractivity contribution in [2.24, 2.45) is 5.92 Å². The fourth-order valence-corrected chi connectivity index (χ4v) is 3.60. The largest absolute Gasteiger partial charge is 0.325 e. The first kappa shape index (κ1) is 17.0. The van der Waals surface area contributed by atoms with Crippen molar-refractivity contribution >= 4 is 11.9 Å². The van der Waals surface area contributed by atoms with Gasteiger partial charge in [-0.1, -0.05) is 18.2 Å². The third kappa shape index (κ3) is 2.96. The number of nitrogens with one attached hydrogen (secondary N) is 1. The first-order chi connectivity index (χ1) is 12.0. The van der Waals surface area contributed by atoms with Gasteiger partial charge in [-0.15, -0.1) is 0 Å². The Morgan fingerprint density at radius 1 is 1.28 bits per heavy atom. The monoisotopic (exact) mass is 336 g/mol. The topological polar surface area (TPSA) is 97.0 Å². The molecule has 0 aromatic heterocycles. The Hall–Kier alpha value is -2.86. The van der Waals surface area contributed by atoms with Crippen LogP contribution in [0.3, 0.4) is 0 Å². The third-order valence-corrected chi connectivity index (χ3v) is 5.14. The Morgan fingerprint density at radius 2 is 2.04 bits per heavy atom. The lowest BCUT2D eigenvalue weighted by molar-refractivity contribution is -0.131. The molecule has 2 unspecified atom stereocenters. The Morgan fingerprint density at radius 3 is 2.76 bits per heavy atom. The van der Waals surface area contributed by atoms with Gasteiger partial charge in [0.2, 0.25) is 0 Å². The zero-order valence-corrected chi connectivity index (χ0v) is 14.2. The molecule has 3 rings (SSSR count). The molecular weight excluding hydrogens is 316 g/mol. The van der Waals surface area contributed by atoms with Crippen molar-refractivity contribution in [3.05, 3.63) is 34.9 Å². The van der Waals surface area contributed by atoms with Crippen LogP contribution in [0.2, 0.25) is 0 Å². The quantitative estimate of drug-likeness (QED) is 0.835. The summed E-state index contributed by atoms with van der Waals surface area (Å²) < 4.78 is 0. The standard InChI is InChI=1S/C19H20N4O2/c1-19(16-8-7-14-5-2-6-15(14)10-16)17(24)23(18(25)22-19)12-13(11-21)4-3-9-20/h7-8,10,13H,2-6,12H2,1H3,(H,22,25). The summed E-state index contributed by atoms with van der Waals surface area (Å²) in [6, 6.07) is 9.55. The molecule has 1 saturated heterocycles. The molecule has 0 radical (unpaired) electrons. The summed E-state index contributed by atoms with van der Waals surface area (Å²) in [6.07, 6.45) is 3.74. The van der Waals surface area contributed by atoms with Crippen molar-refractivity contribution in [1.29, 1.82) is 10.5 Å². The number of hydrogen-bond acceptors (Lipinski definition) is 4. The highest BCUT2D eigenvalue weighted by Crippen LogP contribution is 2.33. The molecule has 0 spiro atoms. The van der Waals surface area contributed by atoms with Crippen LogP contribution < -0.4 is 5.32 Å². The summed E-state index contributed by atoms with van der Waals surface area (Å²) in [4.78, 5) is 26.4. The molecule has 1 aliphatic heterocycles. The number of aryl methyl sites for hydroxylation is 2. The second-order valence-corrected chi connectivity index (χ2v) is 6.83. The van der Waals surface area contributed by atoms with Crippen LogP contribution in [0.5, 0.6) is 0 Å². The molecule has 6 heteroatoms. The normalized spacial score (nSPS) is 22.9. The number of urea groups is 1. The number of carbonyl (C=O) groups is 2. The van der Waals surface area contributed by atoms with E-state index in [1.165, 1.54) is 11.1 Å². The number of carbonyl (C=O) groups excluding carboxylic acids is 2. The van der Waals surface area contributed by atoms with Crippen molar-refractivity contribution in [3.63, 3.8) is 0 Å². The summed E-state index contributed by atoms with van der Waals surface area (Å²) in [6.45, 7) is 1.73. The number of nitriles is 2. The minimum atomic E-state index is -1.11. The average molecular weight is 336 g/mol. The van der Waals surface area contributed by atoms with E-state index >= 15 is 0 Å². The minimum absolute atomic E-state index is 0.0172. The van der Waals surface area contributed by atoms with Crippen LogP contribution in [0.1, 0.15) is 42.9 Å². The van der Waals surface area contributed by atoms with Crippen LogP contribution in [-0.2, 0) is 23.2 Å². The van der Waals surface area contributed by atoms with E-state index in [0.717, 1.165) is 29.7 Å². The van der Waals surface area contributed by atoms with Crippen LogP contribution in [0.4, 0.5) is 4.79 Å². The molecule has 25 heavy (non-hydrogen) atoms. The van der Waals surface area contributed by atoms with Gasteiger partial charge in [0, 0.05) is 13.0 Å². The maximum Gasteiger partial charge on any atom is 0.325 e. The zero-order chi connectivity index (χ0) is 18.0. The first-order valence-electron chi connectivity index (χ1n) is 8.52. The lowest BCUT2D eigenvalue weighted by Gasteiger charge is -2.23. The lowest BCUT2D eigenvalue weighted by Crippen LogP contribution is -2.41. The van der Waals surface area contributed by atoms with Gasteiger partial charge in [-0.05, 0) is 49.3 Å². The maximum atomic E-state index is 12.9. The molecule has 1 aromatic carbocycles. The maximum absolute atomic E-state index is 12.9. The molecule has 1 aliphatic carbocycles. The van der Waals surface area contributed by atoms with E-state index in [1.54, 1.807) is 6.92 Å². The van der Waals surface area contributed by atoms with Crippen LogP contribution in [0.15, 0.2) is 18.2 Å². The third-order valence-electron chi connectivity index (χ3n) is 5.14. The number of amides is 3. The van der Waals surface area contributed by atoms with Gasteiger partial charge in [0.05, 0.1) is 18.1 Å². The molecule has 128 valence electrons. The van der Waals surface area contributed by atoms with E-state index in [1.807, 2.05) is 24.3 Å². The van der Waals surface area contributed by atoms with E-state index in [0.29, 0.717) is 6.42 Å². The second kappa shape index (κ2) is 6.57. The summed E-state index contributed by atoms with van der Waals surface area (Å²) in [5.41, 5.74) is 2.22. The van der Waals surface area contributed by atoms with Crippen molar-refractivity contribution in [3.8, 4) is 12.1 Å². The molecule has 6 nitrogen and oxygen atoms in total. The molecule has 0 bridgehead atoms. The predicted molar refractivity (Wildman–Crippen MR) is 90.0 cm³/mol. The molecule has 1 aromatic rings. The highest BCUT2D eigenvalue weighted by Gasteiger charge is 2.49.